The van der Waals surface area contributed by atoms with Crippen molar-refractivity contribution in [2.24, 2.45) is 7.05 Å². The maximum Gasteiger partial charge on any atom is 0.141 e. The Morgan fingerprint density at radius 1 is 1.07 bits per heavy atom. The van der Waals surface area contributed by atoms with Gasteiger partial charge in [0.05, 0.1) is 5.52 Å². The van der Waals surface area contributed by atoms with Gasteiger partial charge in [-0.25, -0.2) is 4.98 Å². The minimum atomic E-state index is 0.450. The molecule has 2 aliphatic heterocycles. The minimum absolute atomic E-state index is 0.450. The van der Waals surface area contributed by atoms with Crippen molar-refractivity contribution in [1.82, 2.24) is 14.5 Å². The number of hydrogen-bond donors (Lipinski definition) is 1. The first-order valence-corrected chi connectivity index (χ1v) is 10.9. The standard InChI is InChI=1S/C25H32N4/c1-5-29(6-2)15-9-10-18(3)26-20-13-14-21-22-16-19-11-7-8-12-24(19)28(4)25(22)27-23(21)17-20/h7-8,11-14,16-18,26H,5-6,9-10,15H2,1-4H3. The third-order valence-electron chi connectivity index (χ3n) is 6.09. The van der Waals surface area contributed by atoms with Crippen LogP contribution in [0, 0.1) is 0 Å². The fraction of sp³-hybridized carbons (Fsp3) is 0.400. The average molecular weight is 389 g/mol. The van der Waals surface area contributed by atoms with E-state index in [4.69, 9.17) is 4.98 Å². The molecule has 1 N–H and O–H groups in total. The van der Waals surface area contributed by atoms with Crippen LogP contribution >= 0.6 is 0 Å². The average Bonchev–Trinajstić information content (AvgIpc) is 3.09. The van der Waals surface area contributed by atoms with Crippen molar-refractivity contribution in [2.75, 3.05) is 25.0 Å². The highest BCUT2D eigenvalue weighted by Gasteiger charge is 2.16. The van der Waals surface area contributed by atoms with E-state index in [1.165, 1.54) is 41.2 Å². The maximum atomic E-state index is 4.96. The molecule has 0 spiro atoms. The minimum Gasteiger partial charge on any atom is -0.383 e. The second kappa shape index (κ2) is 8.42. The highest BCUT2D eigenvalue weighted by Crippen LogP contribution is 2.35. The summed E-state index contributed by atoms with van der Waals surface area (Å²) in [6, 6.07) is 17.8. The van der Waals surface area contributed by atoms with Gasteiger partial charge in [0.25, 0.3) is 0 Å². The summed E-state index contributed by atoms with van der Waals surface area (Å²) in [6.45, 7) is 10.2. The number of nitrogens with one attached hydrogen (secondary N) is 1. The number of benzene rings is 2. The summed E-state index contributed by atoms with van der Waals surface area (Å²) in [7, 11) is 2.10. The molecular formula is C25H32N4. The van der Waals surface area contributed by atoms with E-state index in [9.17, 15) is 0 Å². The molecule has 152 valence electrons. The van der Waals surface area contributed by atoms with Crippen molar-refractivity contribution in [2.45, 2.75) is 39.7 Å². The molecule has 1 unspecified atom stereocenters. The molecule has 0 aliphatic carbocycles. The normalized spacial score (nSPS) is 13.0. The lowest BCUT2D eigenvalue weighted by Gasteiger charge is -2.20. The molecule has 0 saturated carbocycles. The highest BCUT2D eigenvalue weighted by atomic mass is 15.1. The quantitative estimate of drug-likeness (QED) is 0.417. The van der Waals surface area contributed by atoms with E-state index >= 15 is 0 Å². The molecule has 4 nitrogen and oxygen atoms in total. The molecule has 2 heterocycles. The number of fused-ring (bicyclic) bond motifs is 4. The van der Waals surface area contributed by atoms with E-state index in [2.05, 4.69) is 91.1 Å². The van der Waals surface area contributed by atoms with Gasteiger partial charge in [-0.2, -0.15) is 0 Å². The number of hydrogen-bond acceptors (Lipinski definition) is 3. The van der Waals surface area contributed by atoms with Crippen molar-refractivity contribution >= 4 is 27.5 Å². The zero-order valence-corrected chi connectivity index (χ0v) is 18.1. The fourth-order valence-electron chi connectivity index (χ4n) is 4.34. The first-order chi connectivity index (χ1) is 14.1. The zero-order chi connectivity index (χ0) is 20.4. The molecule has 2 aromatic rings. The molecule has 0 amide bonds. The van der Waals surface area contributed by atoms with Crippen molar-refractivity contribution in [3.05, 3.63) is 48.5 Å². The van der Waals surface area contributed by atoms with Gasteiger partial charge in [-0.3, -0.25) is 0 Å². The van der Waals surface area contributed by atoms with Gasteiger partial charge in [0.2, 0.25) is 0 Å². The second-order valence-corrected chi connectivity index (χ2v) is 8.06. The van der Waals surface area contributed by atoms with Crippen molar-refractivity contribution < 1.29 is 0 Å². The van der Waals surface area contributed by atoms with Crippen LogP contribution < -0.4 is 5.32 Å². The van der Waals surface area contributed by atoms with Crippen LogP contribution in [0.2, 0.25) is 0 Å². The predicted molar refractivity (Wildman–Crippen MR) is 125 cm³/mol. The van der Waals surface area contributed by atoms with Gasteiger partial charge in [-0.15, -0.1) is 0 Å². The Morgan fingerprint density at radius 2 is 1.86 bits per heavy atom. The van der Waals surface area contributed by atoms with Crippen LogP contribution in [0.25, 0.3) is 33.2 Å². The number of aromatic nitrogens is 2. The van der Waals surface area contributed by atoms with Crippen LogP contribution in [0.5, 0.6) is 0 Å². The van der Waals surface area contributed by atoms with Gasteiger partial charge in [0.1, 0.15) is 5.82 Å². The van der Waals surface area contributed by atoms with E-state index in [0.717, 1.165) is 30.1 Å². The Labute approximate surface area is 173 Å². The monoisotopic (exact) mass is 388 g/mol. The van der Waals surface area contributed by atoms with Crippen molar-refractivity contribution in [1.29, 1.82) is 0 Å². The number of pyridine rings is 1. The smallest absolute Gasteiger partial charge is 0.141 e. The van der Waals surface area contributed by atoms with E-state index in [-0.39, 0.29) is 0 Å². The van der Waals surface area contributed by atoms with E-state index in [1.54, 1.807) is 0 Å². The van der Waals surface area contributed by atoms with E-state index in [1.807, 2.05) is 0 Å². The second-order valence-electron chi connectivity index (χ2n) is 8.06. The topological polar surface area (TPSA) is 33.1 Å². The van der Waals surface area contributed by atoms with Crippen LogP contribution in [0.1, 0.15) is 33.6 Å². The summed E-state index contributed by atoms with van der Waals surface area (Å²) in [5.74, 6) is 1.04. The van der Waals surface area contributed by atoms with Crippen LogP contribution in [0.4, 0.5) is 5.69 Å². The summed E-state index contributed by atoms with van der Waals surface area (Å²) in [4.78, 5) is 7.44. The molecule has 4 rings (SSSR count). The fourth-order valence-corrected chi connectivity index (χ4v) is 4.34. The lowest BCUT2D eigenvalue weighted by Crippen LogP contribution is -2.25. The Balaban J connectivity index is 1.55. The Kier molecular flexibility index (Phi) is 5.72. The summed E-state index contributed by atoms with van der Waals surface area (Å²) < 4.78 is 2.20. The molecule has 1 atom stereocenters. The summed E-state index contributed by atoms with van der Waals surface area (Å²) in [5, 5.41) is 6.14. The molecule has 0 fully saturated rings. The summed E-state index contributed by atoms with van der Waals surface area (Å²) >= 11 is 0. The van der Waals surface area contributed by atoms with Gasteiger partial charge >= 0.3 is 0 Å². The van der Waals surface area contributed by atoms with Crippen LogP contribution in [0.15, 0.2) is 48.5 Å². The molecule has 2 aromatic carbocycles. The maximum absolute atomic E-state index is 4.96. The Bertz CT molecular complexity index is 1080. The first-order valence-electron chi connectivity index (χ1n) is 10.9. The molecule has 4 heteroatoms. The molecule has 0 aromatic heterocycles. The SMILES string of the molecule is CCN(CC)CCCC(C)Nc1ccc2c3cc4ccccc4n(C)c-3nc2c1. The lowest BCUT2D eigenvalue weighted by atomic mass is 10.1. The van der Waals surface area contributed by atoms with Gasteiger partial charge < -0.3 is 14.8 Å². The van der Waals surface area contributed by atoms with Crippen LogP contribution in [-0.2, 0) is 7.05 Å². The van der Waals surface area contributed by atoms with Crippen molar-refractivity contribution in [3.63, 3.8) is 0 Å². The molecule has 0 bridgehead atoms. The zero-order valence-electron chi connectivity index (χ0n) is 18.1. The third-order valence-corrected chi connectivity index (χ3v) is 6.09. The largest absolute Gasteiger partial charge is 0.383 e. The number of para-hydroxylation sites is 1. The molecular weight excluding hydrogens is 356 g/mol. The third kappa shape index (κ3) is 3.95. The predicted octanol–water partition coefficient (Wildman–Crippen LogP) is 5.75. The van der Waals surface area contributed by atoms with Gasteiger partial charge in [0.15, 0.2) is 0 Å². The number of rotatable bonds is 8. The Morgan fingerprint density at radius 3 is 2.66 bits per heavy atom. The molecule has 2 aliphatic rings. The summed E-state index contributed by atoms with van der Waals surface area (Å²) in [6.07, 6.45) is 2.39. The number of aryl methyl sites for hydroxylation is 1. The summed E-state index contributed by atoms with van der Waals surface area (Å²) in [5.41, 5.74) is 4.65. The number of nitrogens with zero attached hydrogens (tertiary/aromatic N) is 3. The molecule has 29 heavy (non-hydrogen) atoms. The lowest BCUT2D eigenvalue weighted by molar-refractivity contribution is 0.295. The van der Waals surface area contributed by atoms with Gasteiger partial charge in [-0.1, -0.05) is 38.1 Å². The molecule has 0 saturated heterocycles. The van der Waals surface area contributed by atoms with Crippen LogP contribution in [0.3, 0.4) is 0 Å². The Hall–Kier alpha value is -2.59. The number of anilines is 1. The van der Waals surface area contributed by atoms with Crippen LogP contribution in [-0.4, -0.2) is 40.1 Å². The van der Waals surface area contributed by atoms with E-state index in [0.29, 0.717) is 6.04 Å². The van der Waals surface area contributed by atoms with Crippen molar-refractivity contribution in [3.8, 4) is 11.4 Å². The first kappa shape index (κ1) is 19.7. The van der Waals surface area contributed by atoms with Gasteiger partial charge in [-0.05, 0) is 69.1 Å². The van der Waals surface area contributed by atoms with Gasteiger partial charge in [0, 0.05) is 35.2 Å². The highest BCUT2D eigenvalue weighted by molar-refractivity contribution is 6.01. The van der Waals surface area contributed by atoms with E-state index < -0.39 is 0 Å². The molecule has 0 radical (unpaired) electrons.